The van der Waals surface area contributed by atoms with Gasteiger partial charge in [-0.15, -0.1) is 0 Å². The lowest BCUT2D eigenvalue weighted by Gasteiger charge is -1.90. The summed E-state index contributed by atoms with van der Waals surface area (Å²) in [5.41, 5.74) is 2.38. The monoisotopic (exact) mass is 166 g/mol. The van der Waals surface area contributed by atoms with Crippen LogP contribution in [0, 0.1) is 0 Å². The molecule has 0 saturated carbocycles. The van der Waals surface area contributed by atoms with Crippen LogP contribution in [0.15, 0.2) is 36.0 Å². The van der Waals surface area contributed by atoms with E-state index in [1.165, 1.54) is 5.57 Å². The van der Waals surface area contributed by atoms with Crippen LogP contribution in [0.2, 0.25) is 0 Å². The van der Waals surface area contributed by atoms with Gasteiger partial charge in [0, 0.05) is 0 Å². The molecular formula is C12H22. The highest BCUT2D eigenvalue weighted by Gasteiger charge is 1.79. The van der Waals surface area contributed by atoms with Gasteiger partial charge < -0.3 is 0 Å². The summed E-state index contributed by atoms with van der Waals surface area (Å²) in [5.74, 6) is 0. The minimum Gasteiger partial charge on any atom is -0.0961 e. The number of rotatable bonds is 3. The second-order valence-electron chi connectivity index (χ2n) is 2.55. The molecular weight excluding hydrogens is 144 g/mol. The van der Waals surface area contributed by atoms with Gasteiger partial charge in [0.2, 0.25) is 0 Å². The quantitative estimate of drug-likeness (QED) is 0.541. The minimum atomic E-state index is 1.10. The van der Waals surface area contributed by atoms with Crippen LogP contribution in [0.25, 0.3) is 0 Å². The molecule has 0 heteroatoms. The molecule has 0 rings (SSSR count). The Balaban J connectivity index is 0. The van der Waals surface area contributed by atoms with Gasteiger partial charge in [0.05, 0.1) is 0 Å². The Kier molecular flexibility index (Phi) is 11.7. The second kappa shape index (κ2) is 10.2. The molecule has 0 aliphatic carbocycles. The van der Waals surface area contributed by atoms with Gasteiger partial charge in [-0.3, -0.25) is 0 Å². The third-order valence-electron chi connectivity index (χ3n) is 1.09. The van der Waals surface area contributed by atoms with Gasteiger partial charge in [0.1, 0.15) is 0 Å². The first kappa shape index (κ1) is 13.8. The lowest BCUT2D eigenvalue weighted by atomic mass is 10.2. The standard InChI is InChI=1S/C10H16.C2H6/c1-5-6-7-10(4)8-9(2)3;1-2/h6-8H,2,5H2,1,3-4H3;1-2H3/b7-6-,10-8-;. The molecule has 0 aromatic rings. The normalized spacial score (nSPS) is 10.9. The third-order valence-corrected chi connectivity index (χ3v) is 1.09. The van der Waals surface area contributed by atoms with Crippen molar-refractivity contribution in [2.24, 2.45) is 0 Å². The lowest BCUT2D eigenvalue weighted by Crippen LogP contribution is -1.69. The Labute approximate surface area is 77.7 Å². The Morgan fingerprint density at radius 2 is 1.75 bits per heavy atom. The molecule has 0 spiro atoms. The van der Waals surface area contributed by atoms with Gasteiger partial charge in [-0.25, -0.2) is 0 Å². The van der Waals surface area contributed by atoms with Crippen molar-refractivity contribution in [2.75, 3.05) is 0 Å². The third kappa shape index (κ3) is 12.0. The highest BCUT2D eigenvalue weighted by Crippen LogP contribution is 2.00. The van der Waals surface area contributed by atoms with Crippen LogP contribution >= 0.6 is 0 Å². The number of allylic oxidation sites excluding steroid dienone is 5. The van der Waals surface area contributed by atoms with Crippen LogP contribution < -0.4 is 0 Å². The SMILES string of the molecule is C=C(C)/C=C(C)\C=C/CC.CC. The predicted molar refractivity (Wildman–Crippen MR) is 59.4 cm³/mol. The van der Waals surface area contributed by atoms with Crippen molar-refractivity contribution in [1.82, 2.24) is 0 Å². The van der Waals surface area contributed by atoms with E-state index in [9.17, 15) is 0 Å². The zero-order valence-corrected chi connectivity index (χ0v) is 9.15. The van der Waals surface area contributed by atoms with Gasteiger partial charge >= 0.3 is 0 Å². The molecule has 0 bridgehead atoms. The van der Waals surface area contributed by atoms with Crippen molar-refractivity contribution in [1.29, 1.82) is 0 Å². The minimum absolute atomic E-state index is 1.10. The Morgan fingerprint density at radius 3 is 2.08 bits per heavy atom. The van der Waals surface area contributed by atoms with Crippen LogP contribution in [-0.2, 0) is 0 Å². The summed E-state index contributed by atoms with van der Waals surface area (Å²) in [7, 11) is 0. The number of hydrogen-bond donors (Lipinski definition) is 0. The molecule has 0 heterocycles. The molecule has 0 nitrogen and oxygen atoms in total. The van der Waals surface area contributed by atoms with Gasteiger partial charge in [0.15, 0.2) is 0 Å². The molecule has 0 amide bonds. The molecule has 0 saturated heterocycles. The molecule has 0 atom stereocenters. The van der Waals surface area contributed by atoms with E-state index < -0.39 is 0 Å². The summed E-state index contributed by atoms with van der Waals surface area (Å²) in [4.78, 5) is 0. The van der Waals surface area contributed by atoms with Crippen LogP contribution in [-0.4, -0.2) is 0 Å². The van der Waals surface area contributed by atoms with Gasteiger partial charge in [-0.05, 0) is 20.3 Å². The summed E-state index contributed by atoms with van der Waals surface area (Å²) < 4.78 is 0. The zero-order valence-electron chi connectivity index (χ0n) is 9.15. The van der Waals surface area contributed by atoms with E-state index in [1.807, 2.05) is 20.8 Å². The van der Waals surface area contributed by atoms with E-state index in [-0.39, 0.29) is 0 Å². The largest absolute Gasteiger partial charge is 0.0961 e. The first-order chi connectivity index (χ1) is 5.66. The topological polar surface area (TPSA) is 0 Å². The fourth-order valence-electron chi connectivity index (χ4n) is 0.741. The summed E-state index contributed by atoms with van der Waals surface area (Å²) >= 11 is 0. The fraction of sp³-hybridized carbons (Fsp3) is 0.500. The Hall–Kier alpha value is -0.780. The molecule has 70 valence electrons. The van der Waals surface area contributed by atoms with E-state index in [2.05, 4.69) is 38.7 Å². The van der Waals surface area contributed by atoms with Crippen molar-refractivity contribution in [2.45, 2.75) is 41.0 Å². The summed E-state index contributed by atoms with van der Waals surface area (Å²) in [6, 6.07) is 0. The van der Waals surface area contributed by atoms with E-state index >= 15 is 0 Å². The molecule has 0 radical (unpaired) electrons. The Morgan fingerprint density at radius 1 is 1.25 bits per heavy atom. The average Bonchev–Trinajstić information content (AvgIpc) is 2.03. The van der Waals surface area contributed by atoms with Crippen LogP contribution in [0.3, 0.4) is 0 Å². The van der Waals surface area contributed by atoms with E-state index in [4.69, 9.17) is 0 Å². The summed E-state index contributed by atoms with van der Waals surface area (Å²) in [5, 5.41) is 0. The van der Waals surface area contributed by atoms with Gasteiger partial charge in [-0.2, -0.15) is 0 Å². The lowest BCUT2D eigenvalue weighted by molar-refractivity contribution is 1.22. The summed E-state index contributed by atoms with van der Waals surface area (Å²) in [6.45, 7) is 14.0. The van der Waals surface area contributed by atoms with E-state index in [0.717, 1.165) is 12.0 Å². The maximum absolute atomic E-state index is 3.79. The molecule has 0 N–H and O–H groups in total. The van der Waals surface area contributed by atoms with Gasteiger partial charge in [0.25, 0.3) is 0 Å². The van der Waals surface area contributed by atoms with Crippen molar-refractivity contribution in [3.8, 4) is 0 Å². The summed E-state index contributed by atoms with van der Waals surface area (Å²) in [6.07, 6.45) is 7.44. The van der Waals surface area contributed by atoms with Crippen LogP contribution in [0.5, 0.6) is 0 Å². The molecule has 0 aromatic carbocycles. The molecule has 0 aromatic heterocycles. The molecule has 0 aliphatic heterocycles. The highest BCUT2D eigenvalue weighted by atomic mass is 13.9. The smallest absolute Gasteiger partial charge is 0.0376 e. The van der Waals surface area contributed by atoms with Crippen molar-refractivity contribution >= 4 is 0 Å². The predicted octanol–water partition coefficient (Wildman–Crippen LogP) is 4.50. The molecule has 12 heavy (non-hydrogen) atoms. The zero-order chi connectivity index (χ0) is 9.98. The maximum Gasteiger partial charge on any atom is -0.0376 e. The fourth-order valence-corrected chi connectivity index (χ4v) is 0.741. The van der Waals surface area contributed by atoms with Crippen molar-refractivity contribution < 1.29 is 0 Å². The molecule has 0 unspecified atom stereocenters. The van der Waals surface area contributed by atoms with Crippen molar-refractivity contribution in [3.05, 3.63) is 36.0 Å². The van der Waals surface area contributed by atoms with E-state index in [0.29, 0.717) is 0 Å². The number of hydrogen-bond acceptors (Lipinski definition) is 0. The molecule has 0 aliphatic rings. The van der Waals surface area contributed by atoms with Crippen molar-refractivity contribution in [3.63, 3.8) is 0 Å². The average molecular weight is 166 g/mol. The Bertz CT molecular complexity index is 159. The first-order valence-electron chi connectivity index (χ1n) is 4.67. The van der Waals surface area contributed by atoms with E-state index in [1.54, 1.807) is 0 Å². The maximum atomic E-state index is 3.79. The van der Waals surface area contributed by atoms with Gasteiger partial charge in [-0.1, -0.05) is 56.7 Å². The second-order valence-corrected chi connectivity index (χ2v) is 2.55. The van der Waals surface area contributed by atoms with Crippen LogP contribution in [0.1, 0.15) is 41.0 Å². The molecule has 0 fully saturated rings. The van der Waals surface area contributed by atoms with Crippen LogP contribution in [0.4, 0.5) is 0 Å². The first-order valence-corrected chi connectivity index (χ1v) is 4.67. The highest BCUT2D eigenvalue weighted by molar-refractivity contribution is 5.25.